The van der Waals surface area contributed by atoms with Gasteiger partial charge in [0.05, 0.1) is 5.69 Å². The van der Waals surface area contributed by atoms with Gasteiger partial charge >= 0.3 is 0 Å². The molecule has 21 heavy (non-hydrogen) atoms. The van der Waals surface area contributed by atoms with Gasteiger partial charge in [-0.2, -0.15) is 5.10 Å². The Bertz CT molecular complexity index is 598. The smallest absolute Gasteiger partial charge is 0.0924 e. The highest BCUT2D eigenvalue weighted by Crippen LogP contribution is 2.36. The maximum atomic E-state index is 4.45. The Kier molecular flexibility index (Phi) is 3.28. The Morgan fingerprint density at radius 1 is 1.19 bits per heavy atom. The van der Waals surface area contributed by atoms with E-state index < -0.39 is 0 Å². The zero-order chi connectivity index (χ0) is 14.1. The lowest BCUT2D eigenvalue weighted by molar-refractivity contribution is 0.266. The van der Waals surface area contributed by atoms with E-state index in [0.29, 0.717) is 5.41 Å². The third kappa shape index (κ3) is 2.61. The van der Waals surface area contributed by atoms with Crippen molar-refractivity contribution >= 4 is 0 Å². The average Bonchev–Trinajstić information content (AvgIpc) is 3.24. The van der Waals surface area contributed by atoms with Gasteiger partial charge in [0.1, 0.15) is 0 Å². The van der Waals surface area contributed by atoms with E-state index in [0.717, 1.165) is 12.2 Å². The van der Waals surface area contributed by atoms with Crippen LogP contribution in [0.25, 0.3) is 11.3 Å². The molecule has 1 aromatic carbocycles. The Morgan fingerprint density at radius 2 is 2.10 bits per heavy atom. The van der Waals surface area contributed by atoms with Crippen LogP contribution >= 0.6 is 0 Å². The summed E-state index contributed by atoms with van der Waals surface area (Å²) in [5.41, 5.74) is 3.99. The van der Waals surface area contributed by atoms with Crippen LogP contribution < -0.4 is 5.32 Å². The summed E-state index contributed by atoms with van der Waals surface area (Å²) in [5.74, 6) is 0. The summed E-state index contributed by atoms with van der Waals surface area (Å²) in [4.78, 5) is 2.56. The number of rotatable bonds is 3. The quantitative estimate of drug-likeness (QED) is 0.907. The van der Waals surface area contributed by atoms with E-state index in [1.165, 1.54) is 50.3 Å². The van der Waals surface area contributed by atoms with E-state index in [-0.39, 0.29) is 0 Å². The molecule has 0 radical (unpaired) electrons. The molecule has 4 rings (SSSR count). The van der Waals surface area contributed by atoms with Crippen LogP contribution in [0, 0.1) is 5.41 Å². The van der Waals surface area contributed by atoms with Gasteiger partial charge in [-0.05, 0) is 37.4 Å². The molecule has 1 unspecified atom stereocenters. The second-order valence-electron chi connectivity index (χ2n) is 6.53. The Hall–Kier alpha value is -1.65. The summed E-state index contributed by atoms with van der Waals surface area (Å²) in [6.45, 7) is 5.81. The van der Waals surface area contributed by atoms with E-state index in [4.69, 9.17) is 0 Å². The van der Waals surface area contributed by atoms with Crippen molar-refractivity contribution in [2.75, 3.05) is 26.2 Å². The first-order valence-electron chi connectivity index (χ1n) is 7.86. The zero-order valence-corrected chi connectivity index (χ0v) is 12.3. The summed E-state index contributed by atoms with van der Waals surface area (Å²) in [6.07, 6.45) is 2.67. The summed E-state index contributed by atoms with van der Waals surface area (Å²) in [5, 5.41) is 11.2. The standard InChI is InChI=1S/C17H22N4/c1-2-4-14(5-3-1)16-10-15(19-20-16)11-21-9-7-17(13-21)6-8-18-12-17/h1-5,10,18H,6-9,11-13H2,(H,19,20). The first kappa shape index (κ1) is 13.0. The highest BCUT2D eigenvalue weighted by Gasteiger charge is 2.40. The molecule has 3 heterocycles. The monoisotopic (exact) mass is 282 g/mol. The zero-order valence-electron chi connectivity index (χ0n) is 12.3. The highest BCUT2D eigenvalue weighted by atomic mass is 15.2. The summed E-state index contributed by atoms with van der Waals surface area (Å²) in [7, 11) is 0. The van der Waals surface area contributed by atoms with Crippen molar-refractivity contribution in [3.8, 4) is 11.3 Å². The molecule has 110 valence electrons. The topological polar surface area (TPSA) is 44.0 Å². The van der Waals surface area contributed by atoms with Crippen LogP contribution in [0.3, 0.4) is 0 Å². The molecule has 2 saturated heterocycles. The molecular formula is C17H22N4. The molecule has 1 aromatic heterocycles. The summed E-state index contributed by atoms with van der Waals surface area (Å²) in [6, 6.07) is 12.6. The number of aromatic nitrogens is 2. The van der Waals surface area contributed by atoms with Crippen molar-refractivity contribution < 1.29 is 0 Å². The third-order valence-electron chi connectivity index (χ3n) is 4.94. The van der Waals surface area contributed by atoms with Gasteiger partial charge in [-0.3, -0.25) is 10.00 Å². The molecule has 0 saturated carbocycles. The Labute approximate surface area is 125 Å². The van der Waals surface area contributed by atoms with Gasteiger partial charge in [-0.1, -0.05) is 30.3 Å². The number of aromatic amines is 1. The van der Waals surface area contributed by atoms with Gasteiger partial charge < -0.3 is 5.32 Å². The second kappa shape index (κ2) is 5.28. The maximum Gasteiger partial charge on any atom is 0.0924 e. The predicted molar refractivity (Wildman–Crippen MR) is 83.8 cm³/mol. The Morgan fingerprint density at radius 3 is 2.90 bits per heavy atom. The molecule has 0 aliphatic carbocycles. The fourth-order valence-corrected chi connectivity index (χ4v) is 3.75. The molecule has 4 heteroatoms. The molecule has 0 bridgehead atoms. The van der Waals surface area contributed by atoms with Crippen molar-refractivity contribution in [3.63, 3.8) is 0 Å². The Balaban J connectivity index is 1.43. The summed E-state index contributed by atoms with van der Waals surface area (Å²) < 4.78 is 0. The van der Waals surface area contributed by atoms with Gasteiger partial charge in [0, 0.05) is 30.9 Å². The minimum absolute atomic E-state index is 0.544. The fourth-order valence-electron chi connectivity index (χ4n) is 3.75. The lowest BCUT2D eigenvalue weighted by Crippen LogP contribution is -2.29. The van der Waals surface area contributed by atoms with Crippen LogP contribution in [-0.4, -0.2) is 41.3 Å². The van der Waals surface area contributed by atoms with Crippen LogP contribution in [0.1, 0.15) is 18.5 Å². The van der Waals surface area contributed by atoms with Gasteiger partial charge in [-0.25, -0.2) is 0 Å². The number of hydrogen-bond donors (Lipinski definition) is 2. The van der Waals surface area contributed by atoms with Gasteiger partial charge in [0.25, 0.3) is 0 Å². The number of H-pyrrole nitrogens is 1. The number of nitrogens with zero attached hydrogens (tertiary/aromatic N) is 2. The van der Waals surface area contributed by atoms with Crippen LogP contribution in [-0.2, 0) is 6.54 Å². The molecule has 2 aromatic rings. The number of hydrogen-bond acceptors (Lipinski definition) is 3. The second-order valence-corrected chi connectivity index (χ2v) is 6.53. The van der Waals surface area contributed by atoms with E-state index in [1.54, 1.807) is 0 Å². The first-order valence-corrected chi connectivity index (χ1v) is 7.86. The summed E-state index contributed by atoms with van der Waals surface area (Å²) >= 11 is 0. The van der Waals surface area contributed by atoms with E-state index in [2.05, 4.69) is 50.7 Å². The molecule has 1 atom stereocenters. The average molecular weight is 282 g/mol. The largest absolute Gasteiger partial charge is 0.316 e. The number of likely N-dealkylation sites (tertiary alicyclic amines) is 1. The number of nitrogens with one attached hydrogen (secondary N) is 2. The van der Waals surface area contributed by atoms with E-state index in [1.807, 2.05) is 6.07 Å². The SMILES string of the molecule is c1ccc(-c2cc(CN3CCC4(CCNC4)C3)[nH]n2)cc1. The van der Waals surface area contributed by atoms with Crippen molar-refractivity contribution in [2.45, 2.75) is 19.4 Å². The van der Waals surface area contributed by atoms with Crippen molar-refractivity contribution in [1.82, 2.24) is 20.4 Å². The first-order chi connectivity index (χ1) is 10.3. The van der Waals surface area contributed by atoms with Crippen molar-refractivity contribution in [2.24, 2.45) is 5.41 Å². The normalized spacial score (nSPS) is 25.9. The highest BCUT2D eigenvalue weighted by molar-refractivity contribution is 5.58. The number of benzene rings is 1. The maximum absolute atomic E-state index is 4.45. The van der Waals surface area contributed by atoms with Crippen LogP contribution in [0.4, 0.5) is 0 Å². The molecule has 4 nitrogen and oxygen atoms in total. The van der Waals surface area contributed by atoms with E-state index >= 15 is 0 Å². The molecular weight excluding hydrogens is 260 g/mol. The van der Waals surface area contributed by atoms with Gasteiger partial charge in [0.15, 0.2) is 0 Å². The molecule has 2 aliphatic rings. The third-order valence-corrected chi connectivity index (χ3v) is 4.94. The molecule has 2 aliphatic heterocycles. The minimum Gasteiger partial charge on any atom is -0.316 e. The van der Waals surface area contributed by atoms with Crippen molar-refractivity contribution in [3.05, 3.63) is 42.1 Å². The molecule has 2 fully saturated rings. The van der Waals surface area contributed by atoms with Gasteiger partial charge in [-0.15, -0.1) is 0 Å². The lowest BCUT2D eigenvalue weighted by Gasteiger charge is -2.22. The van der Waals surface area contributed by atoms with Gasteiger partial charge in [0.2, 0.25) is 0 Å². The lowest BCUT2D eigenvalue weighted by atomic mass is 9.87. The fraction of sp³-hybridized carbons (Fsp3) is 0.471. The van der Waals surface area contributed by atoms with Crippen molar-refractivity contribution in [1.29, 1.82) is 0 Å². The van der Waals surface area contributed by atoms with E-state index in [9.17, 15) is 0 Å². The molecule has 2 N–H and O–H groups in total. The van der Waals surface area contributed by atoms with Crippen LogP contribution in [0.2, 0.25) is 0 Å². The van der Waals surface area contributed by atoms with Crippen LogP contribution in [0.5, 0.6) is 0 Å². The molecule has 1 spiro atoms. The minimum atomic E-state index is 0.544. The van der Waals surface area contributed by atoms with Crippen LogP contribution in [0.15, 0.2) is 36.4 Å². The predicted octanol–water partition coefficient (Wildman–Crippen LogP) is 2.26. The molecule has 0 amide bonds.